The second-order valence-corrected chi connectivity index (χ2v) is 5.47. The lowest BCUT2D eigenvalue weighted by Gasteiger charge is -2.27. The summed E-state index contributed by atoms with van der Waals surface area (Å²) in [5.74, 6) is 0.858. The highest BCUT2D eigenvalue weighted by Gasteiger charge is 2.30. The summed E-state index contributed by atoms with van der Waals surface area (Å²) in [5, 5.41) is 0. The number of hydrogen-bond acceptors (Lipinski definition) is 3. The van der Waals surface area contributed by atoms with Crippen LogP contribution in [0.2, 0.25) is 0 Å². The largest absolute Gasteiger partial charge is 0.497 e. The Labute approximate surface area is 120 Å². The number of thiocarbonyl (C=S) groups is 1. The van der Waals surface area contributed by atoms with Gasteiger partial charge in [-0.15, -0.1) is 0 Å². The topological polar surface area (TPSA) is 38.5 Å². The number of unbranched alkanes of at least 4 members (excludes halogenated alkanes) is 1. The van der Waals surface area contributed by atoms with E-state index in [-0.39, 0.29) is 0 Å². The van der Waals surface area contributed by atoms with Gasteiger partial charge in [0, 0.05) is 24.2 Å². The predicted octanol–water partition coefficient (Wildman–Crippen LogP) is 3.10. The van der Waals surface area contributed by atoms with E-state index in [0.29, 0.717) is 11.0 Å². The fraction of sp³-hybridized carbons (Fsp3) is 0.533. The Morgan fingerprint density at radius 1 is 1.47 bits per heavy atom. The lowest BCUT2D eigenvalue weighted by atomic mass is 10.1. The van der Waals surface area contributed by atoms with Crippen molar-refractivity contribution in [2.45, 2.75) is 38.6 Å². The van der Waals surface area contributed by atoms with Gasteiger partial charge in [0.15, 0.2) is 0 Å². The van der Waals surface area contributed by atoms with Crippen LogP contribution in [0.4, 0.5) is 5.69 Å². The van der Waals surface area contributed by atoms with Gasteiger partial charge >= 0.3 is 0 Å². The number of nitrogens with zero attached hydrogens (tertiary/aromatic N) is 1. The predicted molar refractivity (Wildman–Crippen MR) is 84.2 cm³/mol. The van der Waals surface area contributed by atoms with Crippen molar-refractivity contribution in [1.29, 1.82) is 0 Å². The highest BCUT2D eigenvalue weighted by atomic mass is 32.1. The van der Waals surface area contributed by atoms with Crippen molar-refractivity contribution in [3.05, 3.63) is 23.8 Å². The number of ether oxygens (including phenoxy) is 1. The molecule has 0 aromatic heterocycles. The molecular formula is C15H22N2OS. The van der Waals surface area contributed by atoms with E-state index in [4.69, 9.17) is 22.7 Å². The average molecular weight is 278 g/mol. The van der Waals surface area contributed by atoms with Gasteiger partial charge in [0.25, 0.3) is 0 Å². The van der Waals surface area contributed by atoms with Crippen LogP contribution in [-0.4, -0.2) is 24.7 Å². The zero-order valence-electron chi connectivity index (χ0n) is 11.7. The Morgan fingerprint density at radius 3 is 2.74 bits per heavy atom. The van der Waals surface area contributed by atoms with E-state index in [1.165, 1.54) is 25.7 Å². The summed E-state index contributed by atoms with van der Waals surface area (Å²) in [5.41, 5.74) is 7.94. The van der Waals surface area contributed by atoms with Gasteiger partial charge in [0.2, 0.25) is 0 Å². The molecule has 2 rings (SSSR count). The third-order valence-electron chi connectivity index (χ3n) is 3.52. The molecule has 0 bridgehead atoms. The zero-order chi connectivity index (χ0) is 13.8. The quantitative estimate of drug-likeness (QED) is 0.778. The monoisotopic (exact) mass is 278 g/mol. The number of anilines is 1. The zero-order valence-corrected chi connectivity index (χ0v) is 12.5. The van der Waals surface area contributed by atoms with Crippen LogP contribution < -0.4 is 15.4 Å². The minimum absolute atomic E-state index is 0.458. The van der Waals surface area contributed by atoms with Crippen molar-refractivity contribution in [3.63, 3.8) is 0 Å². The van der Waals surface area contributed by atoms with Gasteiger partial charge in [-0.05, 0) is 31.4 Å². The van der Waals surface area contributed by atoms with Crippen LogP contribution >= 0.6 is 12.2 Å². The van der Waals surface area contributed by atoms with Crippen molar-refractivity contribution in [3.8, 4) is 5.75 Å². The van der Waals surface area contributed by atoms with Crippen molar-refractivity contribution >= 4 is 22.9 Å². The lowest BCUT2D eigenvalue weighted by molar-refractivity contribution is 0.414. The standard InChI is InChI=1S/C15H22N2OS/c1-3-4-9-17(11-5-6-11)14-10-12(18-2)7-8-13(14)15(16)19/h7-8,10-11H,3-6,9H2,1-2H3,(H2,16,19). The molecule has 1 fully saturated rings. The lowest BCUT2D eigenvalue weighted by Crippen LogP contribution is -2.29. The van der Waals surface area contributed by atoms with E-state index in [2.05, 4.69) is 17.9 Å². The van der Waals surface area contributed by atoms with E-state index in [1.807, 2.05) is 12.1 Å². The molecule has 1 saturated carbocycles. The van der Waals surface area contributed by atoms with E-state index >= 15 is 0 Å². The first-order valence-electron chi connectivity index (χ1n) is 6.91. The maximum atomic E-state index is 5.86. The first-order chi connectivity index (χ1) is 9.17. The molecule has 1 aliphatic carbocycles. The average Bonchev–Trinajstić information content (AvgIpc) is 3.23. The molecule has 0 unspecified atom stereocenters. The molecule has 1 aromatic carbocycles. The van der Waals surface area contributed by atoms with Crippen LogP contribution in [0.5, 0.6) is 5.75 Å². The van der Waals surface area contributed by atoms with E-state index in [9.17, 15) is 0 Å². The minimum atomic E-state index is 0.458. The third-order valence-corrected chi connectivity index (χ3v) is 3.74. The SMILES string of the molecule is CCCCN(c1cc(OC)ccc1C(N)=S)C1CC1. The van der Waals surface area contributed by atoms with Crippen molar-refractivity contribution in [2.24, 2.45) is 5.73 Å². The molecule has 3 nitrogen and oxygen atoms in total. The molecule has 19 heavy (non-hydrogen) atoms. The fourth-order valence-corrected chi connectivity index (χ4v) is 2.47. The van der Waals surface area contributed by atoms with E-state index in [0.717, 1.165) is 23.5 Å². The molecular weight excluding hydrogens is 256 g/mol. The molecule has 0 amide bonds. The maximum Gasteiger partial charge on any atom is 0.120 e. The van der Waals surface area contributed by atoms with Crippen LogP contribution in [0, 0.1) is 0 Å². The molecule has 104 valence electrons. The van der Waals surface area contributed by atoms with Crippen molar-refractivity contribution in [1.82, 2.24) is 0 Å². The van der Waals surface area contributed by atoms with Gasteiger partial charge in [-0.2, -0.15) is 0 Å². The van der Waals surface area contributed by atoms with Crippen LogP contribution in [0.15, 0.2) is 18.2 Å². The molecule has 0 heterocycles. The smallest absolute Gasteiger partial charge is 0.120 e. The highest BCUT2D eigenvalue weighted by Crippen LogP contribution is 2.35. The van der Waals surface area contributed by atoms with Crippen LogP contribution in [0.25, 0.3) is 0 Å². The highest BCUT2D eigenvalue weighted by molar-refractivity contribution is 7.80. The Balaban J connectivity index is 2.34. The van der Waals surface area contributed by atoms with Crippen LogP contribution in [0.1, 0.15) is 38.2 Å². The summed E-state index contributed by atoms with van der Waals surface area (Å²) in [7, 11) is 1.69. The van der Waals surface area contributed by atoms with E-state index < -0.39 is 0 Å². The number of hydrogen-bond donors (Lipinski definition) is 1. The van der Waals surface area contributed by atoms with Gasteiger partial charge in [0.05, 0.1) is 12.8 Å². The second-order valence-electron chi connectivity index (χ2n) is 5.03. The molecule has 2 N–H and O–H groups in total. The van der Waals surface area contributed by atoms with Gasteiger partial charge in [-0.25, -0.2) is 0 Å². The van der Waals surface area contributed by atoms with Crippen molar-refractivity contribution in [2.75, 3.05) is 18.6 Å². The normalized spacial score (nSPS) is 14.2. The summed E-state index contributed by atoms with van der Waals surface area (Å²) in [6, 6.07) is 6.59. The third kappa shape index (κ3) is 3.38. The molecule has 0 atom stereocenters. The summed E-state index contributed by atoms with van der Waals surface area (Å²) >= 11 is 5.18. The van der Waals surface area contributed by atoms with Crippen LogP contribution in [0.3, 0.4) is 0 Å². The summed E-state index contributed by atoms with van der Waals surface area (Å²) in [4.78, 5) is 2.90. The molecule has 0 spiro atoms. The Morgan fingerprint density at radius 2 is 2.21 bits per heavy atom. The number of rotatable bonds is 7. The molecule has 0 saturated heterocycles. The number of methoxy groups -OCH3 is 1. The molecule has 1 aromatic rings. The maximum absolute atomic E-state index is 5.86. The Hall–Kier alpha value is -1.29. The van der Waals surface area contributed by atoms with E-state index in [1.54, 1.807) is 7.11 Å². The number of benzene rings is 1. The minimum Gasteiger partial charge on any atom is -0.497 e. The molecule has 0 aliphatic heterocycles. The summed E-state index contributed by atoms with van der Waals surface area (Å²) in [6.07, 6.45) is 4.90. The molecule has 4 heteroatoms. The second kappa shape index (κ2) is 6.24. The van der Waals surface area contributed by atoms with Gasteiger partial charge in [-0.1, -0.05) is 25.6 Å². The summed E-state index contributed by atoms with van der Waals surface area (Å²) < 4.78 is 5.33. The van der Waals surface area contributed by atoms with Gasteiger partial charge in [0.1, 0.15) is 10.7 Å². The Kier molecular flexibility index (Phi) is 4.64. The molecule has 1 aliphatic rings. The fourth-order valence-electron chi connectivity index (χ4n) is 2.30. The molecule has 0 radical (unpaired) electrons. The first kappa shape index (κ1) is 14.1. The van der Waals surface area contributed by atoms with Gasteiger partial charge in [-0.3, -0.25) is 0 Å². The first-order valence-corrected chi connectivity index (χ1v) is 7.32. The summed E-state index contributed by atoms with van der Waals surface area (Å²) in [6.45, 7) is 3.27. The Bertz CT molecular complexity index is 457. The van der Waals surface area contributed by atoms with Crippen LogP contribution in [-0.2, 0) is 0 Å². The van der Waals surface area contributed by atoms with Gasteiger partial charge < -0.3 is 15.4 Å². The van der Waals surface area contributed by atoms with Crippen molar-refractivity contribution < 1.29 is 4.74 Å². The number of nitrogens with two attached hydrogens (primary N) is 1.